The molecule has 2 heterocycles. The lowest BCUT2D eigenvalue weighted by Crippen LogP contribution is -2.11. The number of hydrogen-bond acceptors (Lipinski definition) is 7. The van der Waals surface area contributed by atoms with Crippen LogP contribution in [0.1, 0.15) is 15.4 Å². The molecular weight excluding hydrogens is 383 g/mol. The maximum Gasteiger partial charge on any atom is 0.435 e. The van der Waals surface area contributed by atoms with Gasteiger partial charge in [-0.3, -0.25) is 0 Å². The molecule has 0 atom stereocenters. The van der Waals surface area contributed by atoms with Crippen molar-refractivity contribution in [2.24, 2.45) is 0 Å². The van der Waals surface area contributed by atoms with E-state index in [2.05, 4.69) is 15.2 Å². The summed E-state index contributed by atoms with van der Waals surface area (Å²) in [6.45, 7) is 0. The fraction of sp³-hybridized carbons (Fsp3) is 0.0769. The van der Waals surface area contributed by atoms with E-state index >= 15 is 0 Å². The molecule has 0 aliphatic heterocycles. The number of alkyl halides is 3. The number of halogens is 3. The van der Waals surface area contributed by atoms with Crippen molar-refractivity contribution in [3.05, 3.63) is 40.9 Å². The van der Waals surface area contributed by atoms with Gasteiger partial charge in [0.15, 0.2) is 14.4 Å². The molecule has 0 aliphatic carbocycles. The summed E-state index contributed by atoms with van der Waals surface area (Å²) in [4.78, 5) is 13.5. The van der Waals surface area contributed by atoms with Crippen LogP contribution in [-0.2, 0) is 6.18 Å². The van der Waals surface area contributed by atoms with Gasteiger partial charge in [0.05, 0.1) is 0 Å². The van der Waals surface area contributed by atoms with E-state index in [1.807, 2.05) is 30.3 Å². The molecule has 5 nitrogen and oxygen atoms in total. The highest BCUT2D eigenvalue weighted by atomic mass is 32.2. The first-order valence-corrected chi connectivity index (χ1v) is 8.67. The molecule has 0 unspecified atom stereocenters. The second kappa shape index (κ2) is 6.49. The third kappa shape index (κ3) is 3.57. The van der Waals surface area contributed by atoms with Crippen LogP contribution >= 0.6 is 34.4 Å². The van der Waals surface area contributed by atoms with Crippen LogP contribution in [0, 0.1) is 0 Å². The van der Waals surface area contributed by atoms with Gasteiger partial charge in [-0.05, 0) is 11.8 Å². The van der Waals surface area contributed by atoms with E-state index in [0.29, 0.717) is 20.7 Å². The van der Waals surface area contributed by atoms with Gasteiger partial charge in [0.1, 0.15) is 9.88 Å². The fourth-order valence-electron chi connectivity index (χ4n) is 1.70. The molecule has 124 valence electrons. The number of rotatable bonds is 4. The van der Waals surface area contributed by atoms with Gasteiger partial charge in [0.2, 0.25) is 0 Å². The lowest BCUT2D eigenvalue weighted by atomic mass is 10.2. The number of thiazole rings is 1. The maximum atomic E-state index is 12.8. The van der Waals surface area contributed by atoms with E-state index in [-0.39, 0.29) is 4.34 Å². The van der Waals surface area contributed by atoms with Crippen LogP contribution in [0.4, 0.5) is 13.2 Å². The van der Waals surface area contributed by atoms with Crippen LogP contribution in [0.15, 0.2) is 39.0 Å². The molecule has 11 heteroatoms. The van der Waals surface area contributed by atoms with Crippen molar-refractivity contribution >= 4 is 40.4 Å². The first kappa shape index (κ1) is 16.9. The Bertz CT molecular complexity index is 877. The number of aromatic carboxylic acids is 1. The molecule has 0 fully saturated rings. The Balaban J connectivity index is 1.87. The van der Waals surface area contributed by atoms with Crippen molar-refractivity contribution in [2.75, 3.05) is 0 Å². The largest absolute Gasteiger partial charge is 0.477 e. The number of hydrogen-bond donors (Lipinski definition) is 1. The van der Waals surface area contributed by atoms with Gasteiger partial charge in [-0.1, -0.05) is 53.0 Å². The van der Waals surface area contributed by atoms with Crippen LogP contribution in [0.25, 0.3) is 10.6 Å². The zero-order valence-corrected chi connectivity index (χ0v) is 13.9. The summed E-state index contributed by atoms with van der Waals surface area (Å²) in [6, 6.07) is 9.19. The molecule has 0 saturated carbocycles. The van der Waals surface area contributed by atoms with Crippen LogP contribution < -0.4 is 0 Å². The molecule has 0 saturated heterocycles. The Morgan fingerprint density at radius 3 is 2.38 bits per heavy atom. The van der Waals surface area contributed by atoms with E-state index in [1.165, 1.54) is 11.3 Å². The van der Waals surface area contributed by atoms with Crippen LogP contribution in [0.5, 0.6) is 0 Å². The first-order chi connectivity index (χ1) is 11.3. The van der Waals surface area contributed by atoms with Gasteiger partial charge >= 0.3 is 12.1 Å². The molecular formula is C13H6F3N3O2S3. The number of carbonyl (C=O) groups is 1. The summed E-state index contributed by atoms with van der Waals surface area (Å²) in [5.74, 6) is -1.66. The smallest absolute Gasteiger partial charge is 0.435 e. The lowest BCUT2D eigenvalue weighted by molar-refractivity contribution is -0.141. The third-order valence-electron chi connectivity index (χ3n) is 2.67. The molecule has 0 spiro atoms. The second-order valence-electron chi connectivity index (χ2n) is 4.30. The zero-order chi connectivity index (χ0) is 17.3. The Morgan fingerprint density at radius 1 is 1.08 bits per heavy atom. The molecule has 2 aromatic heterocycles. The summed E-state index contributed by atoms with van der Waals surface area (Å²) in [7, 11) is 0. The maximum absolute atomic E-state index is 12.8. The normalized spacial score (nSPS) is 11.6. The lowest BCUT2D eigenvalue weighted by Gasteiger charge is -2.02. The van der Waals surface area contributed by atoms with Crippen LogP contribution in [0.3, 0.4) is 0 Å². The molecule has 0 bridgehead atoms. The molecule has 0 radical (unpaired) electrons. The predicted octanol–water partition coefficient (Wildman–Crippen LogP) is 4.53. The summed E-state index contributed by atoms with van der Waals surface area (Å²) in [6.07, 6.45) is -4.82. The standard InChI is InChI=1S/C13H6F3N3O2S3/c14-13(15,16)8-7(10(20)21)22-11(17-8)24-12-19-18-9(23-12)6-4-2-1-3-5-6/h1-5H,(H,20,21). The first-order valence-electron chi connectivity index (χ1n) is 6.22. The van der Waals surface area contributed by atoms with Crippen molar-refractivity contribution < 1.29 is 23.1 Å². The fourth-order valence-corrected chi connectivity index (χ4v) is 4.76. The van der Waals surface area contributed by atoms with E-state index < -0.39 is 22.7 Å². The van der Waals surface area contributed by atoms with Crippen molar-refractivity contribution in [3.63, 3.8) is 0 Å². The van der Waals surface area contributed by atoms with Crippen molar-refractivity contribution in [1.82, 2.24) is 15.2 Å². The average Bonchev–Trinajstić information content (AvgIpc) is 3.15. The van der Waals surface area contributed by atoms with Gasteiger partial charge in [0.25, 0.3) is 0 Å². The number of benzene rings is 1. The van der Waals surface area contributed by atoms with Gasteiger partial charge in [-0.15, -0.1) is 10.2 Å². The molecule has 3 aromatic rings. The number of nitrogens with zero attached hydrogens (tertiary/aromatic N) is 3. The van der Waals surface area contributed by atoms with E-state index in [4.69, 9.17) is 5.11 Å². The molecule has 0 aliphatic rings. The van der Waals surface area contributed by atoms with E-state index in [1.54, 1.807) is 0 Å². The summed E-state index contributed by atoms with van der Waals surface area (Å²) in [5.41, 5.74) is -0.557. The number of aromatic nitrogens is 3. The quantitative estimate of drug-likeness (QED) is 0.707. The highest BCUT2D eigenvalue weighted by molar-refractivity contribution is 8.02. The van der Waals surface area contributed by atoms with E-state index in [0.717, 1.165) is 17.3 Å². The Kier molecular flexibility index (Phi) is 4.56. The highest BCUT2D eigenvalue weighted by Gasteiger charge is 2.40. The molecule has 3 rings (SSSR count). The summed E-state index contributed by atoms with van der Waals surface area (Å²) in [5, 5.41) is 17.4. The minimum atomic E-state index is -4.82. The summed E-state index contributed by atoms with van der Waals surface area (Å²) < 4.78 is 38.8. The number of carboxylic acid groups (broad SMARTS) is 1. The van der Waals surface area contributed by atoms with E-state index in [9.17, 15) is 18.0 Å². The minimum Gasteiger partial charge on any atom is -0.477 e. The molecule has 24 heavy (non-hydrogen) atoms. The molecule has 1 N–H and O–H groups in total. The topological polar surface area (TPSA) is 76.0 Å². The predicted molar refractivity (Wildman–Crippen MR) is 83.5 cm³/mol. The zero-order valence-electron chi connectivity index (χ0n) is 11.4. The van der Waals surface area contributed by atoms with Crippen molar-refractivity contribution in [2.45, 2.75) is 14.9 Å². The Labute approximate surface area is 145 Å². The monoisotopic (exact) mass is 389 g/mol. The summed E-state index contributed by atoms with van der Waals surface area (Å²) >= 11 is 2.52. The molecule has 1 aromatic carbocycles. The Hall–Kier alpha value is -1.98. The highest BCUT2D eigenvalue weighted by Crippen LogP contribution is 2.41. The molecule has 0 amide bonds. The SMILES string of the molecule is O=C(O)c1sc(Sc2nnc(-c3ccccc3)s2)nc1C(F)(F)F. The van der Waals surface area contributed by atoms with Gasteiger partial charge in [0, 0.05) is 5.56 Å². The van der Waals surface area contributed by atoms with Crippen molar-refractivity contribution in [3.8, 4) is 10.6 Å². The second-order valence-corrected chi connectivity index (χ2v) is 7.77. The number of carboxylic acids is 1. The minimum absolute atomic E-state index is 0.0458. The van der Waals surface area contributed by atoms with Crippen LogP contribution in [0.2, 0.25) is 0 Å². The van der Waals surface area contributed by atoms with Crippen molar-refractivity contribution in [1.29, 1.82) is 0 Å². The van der Waals surface area contributed by atoms with Gasteiger partial charge < -0.3 is 5.11 Å². The third-order valence-corrected chi connectivity index (χ3v) is 5.80. The van der Waals surface area contributed by atoms with Gasteiger partial charge in [-0.25, -0.2) is 9.78 Å². The average molecular weight is 389 g/mol. The van der Waals surface area contributed by atoms with Crippen LogP contribution in [-0.4, -0.2) is 26.3 Å². The van der Waals surface area contributed by atoms with Gasteiger partial charge in [-0.2, -0.15) is 13.2 Å². The Morgan fingerprint density at radius 2 is 1.79 bits per heavy atom.